The van der Waals surface area contributed by atoms with Crippen molar-refractivity contribution in [3.8, 4) is 0 Å². The van der Waals surface area contributed by atoms with Crippen molar-refractivity contribution in [2.75, 3.05) is 0 Å². The molecule has 0 amide bonds. The molecule has 0 radical (unpaired) electrons. The third-order valence-electron chi connectivity index (χ3n) is 2.80. The van der Waals surface area contributed by atoms with Crippen LogP contribution >= 0.6 is 0 Å². The highest BCUT2D eigenvalue weighted by molar-refractivity contribution is 5.91. The van der Waals surface area contributed by atoms with Crippen LogP contribution in [-0.2, 0) is 13.5 Å². The zero-order valence-corrected chi connectivity index (χ0v) is 9.77. The third-order valence-corrected chi connectivity index (χ3v) is 2.80. The summed E-state index contributed by atoms with van der Waals surface area (Å²) >= 11 is 0. The number of aromatic amines is 1. The first-order valence-electron chi connectivity index (χ1n) is 5.43. The van der Waals surface area contributed by atoms with E-state index in [9.17, 15) is 4.79 Å². The Morgan fingerprint density at radius 2 is 2.41 bits per heavy atom. The van der Waals surface area contributed by atoms with E-state index in [1.54, 1.807) is 11.6 Å². The number of H-pyrrole nitrogens is 1. The Balaban J connectivity index is 2.87. The highest BCUT2D eigenvalue weighted by Crippen LogP contribution is 2.20. The second kappa shape index (κ2) is 4.40. The molecule has 2 aromatic heterocycles. The maximum Gasteiger partial charge on any atom is 0.275 e. The number of hydrogen-bond donors (Lipinski definition) is 2. The van der Waals surface area contributed by atoms with E-state index in [1.165, 1.54) is 12.5 Å². The van der Waals surface area contributed by atoms with Gasteiger partial charge in [0.2, 0.25) is 0 Å². The fourth-order valence-corrected chi connectivity index (χ4v) is 2.08. The summed E-state index contributed by atoms with van der Waals surface area (Å²) in [6, 6.07) is 0. The van der Waals surface area contributed by atoms with Crippen molar-refractivity contribution in [3.05, 3.63) is 27.9 Å². The molecule has 0 aliphatic rings. The van der Waals surface area contributed by atoms with Gasteiger partial charge in [-0.2, -0.15) is 0 Å². The number of aromatic nitrogens is 3. The lowest BCUT2D eigenvalue weighted by Crippen LogP contribution is -2.10. The Hall–Kier alpha value is -2.11. The van der Waals surface area contributed by atoms with Gasteiger partial charge in [0.15, 0.2) is 0 Å². The van der Waals surface area contributed by atoms with E-state index >= 15 is 0 Å². The lowest BCUT2D eigenvalue weighted by molar-refractivity contribution is 0.321. The van der Waals surface area contributed by atoms with Gasteiger partial charge in [-0.15, -0.1) is 0 Å². The molecule has 0 bridgehead atoms. The summed E-state index contributed by atoms with van der Waals surface area (Å²) in [7, 11) is 1.76. The van der Waals surface area contributed by atoms with E-state index in [-0.39, 0.29) is 5.56 Å². The molecule has 2 aromatic rings. The summed E-state index contributed by atoms with van der Waals surface area (Å²) in [4.78, 5) is 18.5. The molecule has 0 saturated heterocycles. The lowest BCUT2D eigenvalue weighted by atomic mass is 10.1. The van der Waals surface area contributed by atoms with Crippen molar-refractivity contribution in [3.63, 3.8) is 0 Å². The monoisotopic (exact) mass is 234 g/mol. The number of nitrogens with one attached hydrogen (secondary N) is 1. The topological polar surface area (TPSA) is 83.3 Å². The molecular formula is C11H14N4O2. The van der Waals surface area contributed by atoms with Crippen molar-refractivity contribution >= 4 is 17.2 Å². The number of oxime groups is 1. The molecule has 2 rings (SSSR count). The molecular weight excluding hydrogens is 220 g/mol. The van der Waals surface area contributed by atoms with Crippen LogP contribution in [0.1, 0.15) is 24.6 Å². The first kappa shape index (κ1) is 11.4. The standard InChI is InChI=1S/C11H14N4O2/c1-3-4-7-8(5-14-17)15(2)10-9(7)12-6-13-11(10)16/h5-6,17H,3-4H2,1-2H3,(H,12,13,16). The van der Waals surface area contributed by atoms with Gasteiger partial charge in [0.25, 0.3) is 5.56 Å². The lowest BCUT2D eigenvalue weighted by Gasteiger charge is -1.99. The van der Waals surface area contributed by atoms with E-state index in [0.717, 1.165) is 18.4 Å². The van der Waals surface area contributed by atoms with Crippen LogP contribution in [0.5, 0.6) is 0 Å². The molecule has 0 aromatic carbocycles. The first-order valence-corrected chi connectivity index (χ1v) is 5.43. The second-order valence-corrected chi connectivity index (χ2v) is 3.85. The molecule has 2 heterocycles. The van der Waals surface area contributed by atoms with Crippen LogP contribution in [0.2, 0.25) is 0 Å². The minimum Gasteiger partial charge on any atom is -0.411 e. The van der Waals surface area contributed by atoms with Gasteiger partial charge in [-0.1, -0.05) is 18.5 Å². The van der Waals surface area contributed by atoms with Crippen molar-refractivity contribution in [1.82, 2.24) is 14.5 Å². The van der Waals surface area contributed by atoms with E-state index < -0.39 is 0 Å². The Morgan fingerprint density at radius 1 is 1.65 bits per heavy atom. The van der Waals surface area contributed by atoms with Gasteiger partial charge in [0.1, 0.15) is 5.52 Å². The van der Waals surface area contributed by atoms with Gasteiger partial charge in [-0.25, -0.2) is 4.98 Å². The average molecular weight is 234 g/mol. The molecule has 0 saturated carbocycles. The Labute approximate surface area is 97.6 Å². The van der Waals surface area contributed by atoms with Gasteiger partial charge in [-0.05, 0) is 6.42 Å². The Bertz CT molecular complexity index is 624. The van der Waals surface area contributed by atoms with Gasteiger partial charge in [-0.3, -0.25) is 4.79 Å². The predicted octanol–water partition coefficient (Wildman–Crippen LogP) is 1.02. The zero-order valence-electron chi connectivity index (χ0n) is 9.77. The molecule has 17 heavy (non-hydrogen) atoms. The fourth-order valence-electron chi connectivity index (χ4n) is 2.08. The van der Waals surface area contributed by atoms with Crippen LogP contribution in [0.4, 0.5) is 0 Å². The maximum atomic E-state index is 11.8. The van der Waals surface area contributed by atoms with Crippen LogP contribution in [0.25, 0.3) is 11.0 Å². The van der Waals surface area contributed by atoms with Gasteiger partial charge in [0, 0.05) is 12.6 Å². The molecule has 0 atom stereocenters. The second-order valence-electron chi connectivity index (χ2n) is 3.85. The molecule has 0 aliphatic heterocycles. The number of hydrogen-bond acceptors (Lipinski definition) is 4. The Kier molecular flexibility index (Phi) is 2.95. The third kappa shape index (κ3) is 1.71. The first-order chi connectivity index (χ1) is 8.20. The molecule has 0 unspecified atom stereocenters. The fraction of sp³-hybridized carbons (Fsp3) is 0.364. The molecule has 2 N–H and O–H groups in total. The van der Waals surface area contributed by atoms with E-state index in [1.807, 2.05) is 6.92 Å². The van der Waals surface area contributed by atoms with Crippen LogP contribution in [0.3, 0.4) is 0 Å². The average Bonchev–Trinajstić information content (AvgIpc) is 2.57. The SMILES string of the molecule is CCCc1c(C=NO)n(C)c2c(=O)[nH]cnc12. The van der Waals surface area contributed by atoms with Crippen LogP contribution < -0.4 is 5.56 Å². The Morgan fingerprint density at radius 3 is 3.06 bits per heavy atom. The number of fused-ring (bicyclic) bond motifs is 1. The summed E-state index contributed by atoms with van der Waals surface area (Å²) in [5, 5.41) is 11.7. The molecule has 6 nitrogen and oxygen atoms in total. The van der Waals surface area contributed by atoms with Crippen molar-refractivity contribution < 1.29 is 5.21 Å². The van der Waals surface area contributed by atoms with E-state index in [4.69, 9.17) is 5.21 Å². The number of aryl methyl sites for hydroxylation is 2. The van der Waals surface area contributed by atoms with Gasteiger partial charge < -0.3 is 14.8 Å². The normalized spacial score (nSPS) is 11.6. The summed E-state index contributed by atoms with van der Waals surface area (Å²) in [5.41, 5.74) is 2.65. The quantitative estimate of drug-likeness (QED) is 0.472. The van der Waals surface area contributed by atoms with Crippen LogP contribution in [0.15, 0.2) is 16.3 Å². The minimum atomic E-state index is -0.188. The highest BCUT2D eigenvalue weighted by atomic mass is 16.4. The molecule has 0 spiro atoms. The predicted molar refractivity (Wildman–Crippen MR) is 64.7 cm³/mol. The minimum absolute atomic E-state index is 0.188. The van der Waals surface area contributed by atoms with E-state index in [2.05, 4.69) is 15.1 Å². The highest BCUT2D eigenvalue weighted by Gasteiger charge is 2.16. The molecule has 6 heteroatoms. The summed E-state index contributed by atoms with van der Waals surface area (Å²) in [5.74, 6) is 0. The zero-order chi connectivity index (χ0) is 12.4. The smallest absolute Gasteiger partial charge is 0.275 e. The number of nitrogens with zero attached hydrogens (tertiary/aromatic N) is 3. The van der Waals surface area contributed by atoms with Crippen LogP contribution in [0, 0.1) is 0 Å². The van der Waals surface area contributed by atoms with Crippen molar-refractivity contribution in [1.29, 1.82) is 0 Å². The summed E-state index contributed by atoms with van der Waals surface area (Å²) < 4.78 is 1.70. The molecule has 0 aliphatic carbocycles. The number of rotatable bonds is 3. The largest absolute Gasteiger partial charge is 0.411 e. The van der Waals surface area contributed by atoms with Gasteiger partial charge >= 0.3 is 0 Å². The molecule has 0 fully saturated rings. The van der Waals surface area contributed by atoms with Crippen LogP contribution in [-0.4, -0.2) is 26.0 Å². The van der Waals surface area contributed by atoms with Crippen molar-refractivity contribution in [2.24, 2.45) is 12.2 Å². The maximum absolute atomic E-state index is 11.8. The van der Waals surface area contributed by atoms with Crippen molar-refractivity contribution in [2.45, 2.75) is 19.8 Å². The summed E-state index contributed by atoms with van der Waals surface area (Å²) in [6.07, 6.45) is 4.45. The summed E-state index contributed by atoms with van der Waals surface area (Å²) in [6.45, 7) is 2.05. The van der Waals surface area contributed by atoms with Gasteiger partial charge in [0.05, 0.1) is 23.8 Å². The molecule has 90 valence electrons. The van der Waals surface area contributed by atoms with E-state index in [0.29, 0.717) is 16.7 Å².